The number of rotatable bonds is 2. The molecule has 2 N–H and O–H groups in total. The van der Waals surface area contributed by atoms with Crippen LogP contribution in [0.3, 0.4) is 0 Å². The lowest BCUT2D eigenvalue weighted by Gasteiger charge is -2.36. The Hall–Kier alpha value is -2.62. The average Bonchev–Trinajstić information content (AvgIpc) is 2.49. The van der Waals surface area contributed by atoms with E-state index in [0.29, 0.717) is 11.3 Å². The summed E-state index contributed by atoms with van der Waals surface area (Å²) in [4.78, 5) is 27.9. The van der Waals surface area contributed by atoms with E-state index in [1.54, 1.807) is 52.0 Å². The Kier molecular flexibility index (Phi) is 5.74. The molecule has 1 atom stereocenters. The Morgan fingerprint density at radius 2 is 1.89 bits per heavy atom. The first-order chi connectivity index (χ1) is 12.7. The number of alkyl carbamates (subject to hydrolysis) is 1. The number of sulfonamides is 1. The van der Waals surface area contributed by atoms with Crippen LogP contribution in [0.1, 0.15) is 40.2 Å². The first-order valence-electron chi connectivity index (χ1n) is 8.66. The maximum absolute atomic E-state index is 12.7. The quantitative estimate of drug-likeness (QED) is 0.773. The van der Waals surface area contributed by atoms with Crippen LogP contribution < -0.4 is 10.6 Å². The molecule has 0 saturated carbocycles. The van der Waals surface area contributed by atoms with Gasteiger partial charge >= 0.3 is 6.09 Å². The lowest BCUT2D eigenvalue weighted by atomic mass is 9.94. The Labute approximate surface area is 165 Å². The van der Waals surface area contributed by atoms with E-state index in [4.69, 9.17) is 4.74 Å². The Morgan fingerprint density at radius 3 is 2.46 bits per heavy atom. The maximum Gasteiger partial charge on any atom is 0.414 e. The predicted molar refractivity (Wildman–Crippen MR) is 106 cm³/mol. The summed E-state index contributed by atoms with van der Waals surface area (Å²) in [7, 11) is -2.43. The van der Waals surface area contributed by atoms with Crippen LogP contribution >= 0.6 is 0 Å². The number of amides is 2. The van der Waals surface area contributed by atoms with E-state index < -0.39 is 27.3 Å². The zero-order valence-electron chi connectivity index (χ0n) is 16.9. The van der Waals surface area contributed by atoms with Gasteiger partial charge in [-0.15, -0.1) is 0 Å². The van der Waals surface area contributed by atoms with Crippen LogP contribution in [-0.2, 0) is 25.1 Å². The highest BCUT2D eigenvalue weighted by atomic mass is 32.2. The minimum absolute atomic E-state index is 0.132. The Bertz CT molecular complexity index is 920. The molecule has 0 aliphatic carbocycles. The highest BCUT2D eigenvalue weighted by molar-refractivity contribution is 7.89. The minimum atomic E-state index is -3.75. The van der Waals surface area contributed by atoms with Gasteiger partial charge in [0.25, 0.3) is 0 Å². The van der Waals surface area contributed by atoms with Gasteiger partial charge in [0.1, 0.15) is 11.1 Å². The molecule has 1 aliphatic rings. The molecule has 0 unspecified atom stereocenters. The number of hydrogen-bond donors (Lipinski definition) is 2. The number of carbonyl (C=O) groups is 2. The fraction of sp³-hybridized carbons (Fsp3) is 0.500. The third-order valence-corrected chi connectivity index (χ3v) is 5.88. The van der Waals surface area contributed by atoms with Gasteiger partial charge in [-0.2, -0.15) is 0 Å². The molecule has 1 aromatic carbocycles. The zero-order chi connectivity index (χ0) is 21.3. The van der Waals surface area contributed by atoms with Crippen molar-refractivity contribution in [2.75, 3.05) is 18.1 Å². The molecule has 28 heavy (non-hydrogen) atoms. The van der Waals surface area contributed by atoms with Crippen molar-refractivity contribution in [3.63, 3.8) is 0 Å². The van der Waals surface area contributed by atoms with Gasteiger partial charge in [0, 0.05) is 19.7 Å². The third-order valence-electron chi connectivity index (χ3n) is 3.95. The first kappa shape index (κ1) is 21.7. The molecule has 9 nitrogen and oxygen atoms in total. The smallest absolute Gasteiger partial charge is 0.414 e. The van der Waals surface area contributed by atoms with E-state index in [2.05, 4.69) is 15.6 Å². The highest BCUT2D eigenvalue weighted by Gasteiger charge is 2.41. The number of benzene rings is 1. The summed E-state index contributed by atoms with van der Waals surface area (Å²) in [5.41, 5.74) is -0.796. The fourth-order valence-electron chi connectivity index (χ4n) is 2.70. The minimum Gasteiger partial charge on any atom is -0.444 e. The van der Waals surface area contributed by atoms with Crippen LogP contribution in [-0.4, -0.2) is 49.1 Å². The third kappa shape index (κ3) is 5.22. The number of guanidine groups is 1. The van der Waals surface area contributed by atoms with E-state index >= 15 is 0 Å². The molecule has 1 aliphatic heterocycles. The van der Waals surface area contributed by atoms with Gasteiger partial charge < -0.3 is 10.1 Å². The molecule has 154 valence electrons. The molecular formula is C18H26N4O5S. The van der Waals surface area contributed by atoms with Gasteiger partial charge in [-0.3, -0.25) is 10.1 Å². The van der Waals surface area contributed by atoms with Crippen molar-refractivity contribution in [1.82, 2.24) is 9.62 Å². The number of nitrogens with one attached hydrogen (secondary N) is 2. The summed E-state index contributed by atoms with van der Waals surface area (Å²) in [6.45, 7) is 8.14. The van der Waals surface area contributed by atoms with E-state index in [1.165, 1.54) is 14.0 Å². The van der Waals surface area contributed by atoms with Crippen LogP contribution in [0.4, 0.5) is 10.5 Å². The van der Waals surface area contributed by atoms with Gasteiger partial charge in [0.05, 0.1) is 5.75 Å². The maximum atomic E-state index is 12.7. The van der Waals surface area contributed by atoms with Crippen LogP contribution in [0, 0.1) is 0 Å². The molecule has 0 spiro atoms. The summed E-state index contributed by atoms with van der Waals surface area (Å²) < 4.78 is 31.5. The molecule has 1 aromatic rings. The summed E-state index contributed by atoms with van der Waals surface area (Å²) in [5.74, 6) is -0.665. The number of carbonyl (C=O) groups excluding carboxylic acids is 2. The van der Waals surface area contributed by atoms with Crippen LogP contribution in [0.25, 0.3) is 0 Å². The predicted octanol–water partition coefficient (Wildman–Crippen LogP) is 2.02. The first-order valence-corrected chi connectivity index (χ1v) is 10.3. The van der Waals surface area contributed by atoms with Crippen molar-refractivity contribution >= 4 is 33.7 Å². The monoisotopic (exact) mass is 410 g/mol. The summed E-state index contributed by atoms with van der Waals surface area (Å²) in [6, 6.07) is 6.78. The number of aliphatic imine (C=N–C) groups is 1. The normalized spacial score (nSPS) is 21.5. The molecule has 0 fully saturated rings. The van der Waals surface area contributed by atoms with Crippen molar-refractivity contribution in [1.29, 1.82) is 0 Å². The lowest BCUT2D eigenvalue weighted by molar-refractivity contribution is -0.114. The molecule has 0 bridgehead atoms. The second kappa shape index (κ2) is 7.42. The van der Waals surface area contributed by atoms with E-state index in [0.717, 1.165) is 4.31 Å². The number of hydrogen-bond acceptors (Lipinski definition) is 6. The van der Waals surface area contributed by atoms with Gasteiger partial charge in [-0.1, -0.05) is 12.1 Å². The molecule has 10 heteroatoms. The van der Waals surface area contributed by atoms with Gasteiger partial charge in [-0.05, 0) is 45.4 Å². The summed E-state index contributed by atoms with van der Waals surface area (Å²) in [6.07, 6.45) is -0.801. The second-order valence-corrected chi connectivity index (χ2v) is 9.82. The lowest BCUT2D eigenvalue weighted by Crippen LogP contribution is -2.54. The van der Waals surface area contributed by atoms with Crippen molar-refractivity contribution < 1.29 is 22.7 Å². The molecule has 0 saturated heterocycles. The van der Waals surface area contributed by atoms with E-state index in [1.807, 2.05) is 0 Å². The number of nitrogens with zero attached hydrogens (tertiary/aromatic N) is 2. The Morgan fingerprint density at radius 1 is 1.25 bits per heavy atom. The van der Waals surface area contributed by atoms with E-state index in [-0.39, 0.29) is 17.6 Å². The summed E-state index contributed by atoms with van der Waals surface area (Å²) >= 11 is 0. The molecular weight excluding hydrogens is 384 g/mol. The Balaban J connectivity index is 2.43. The van der Waals surface area contributed by atoms with Crippen molar-refractivity contribution in [3.8, 4) is 0 Å². The molecule has 0 radical (unpaired) electrons. The van der Waals surface area contributed by atoms with Crippen molar-refractivity contribution in [2.45, 2.75) is 45.8 Å². The van der Waals surface area contributed by atoms with Gasteiger partial charge in [-0.25, -0.2) is 22.5 Å². The largest absolute Gasteiger partial charge is 0.444 e. The average molecular weight is 410 g/mol. The van der Waals surface area contributed by atoms with Gasteiger partial charge in [0.15, 0.2) is 0 Å². The number of anilines is 1. The fourth-order valence-corrected chi connectivity index (χ4v) is 4.19. The standard InChI is InChI=1S/C18H26N4O5S/c1-12(23)19-14-9-7-8-13(10-14)18(5)11-28(25,26)22(6)15(21-18)20-16(24)27-17(2,3)4/h7-10H,11H2,1-6H3,(H,19,23)(H,20,21,24)/t18-/m0/s1. The molecule has 1 heterocycles. The summed E-state index contributed by atoms with van der Waals surface area (Å²) in [5, 5.41) is 5.08. The number of ether oxygens (including phenoxy) is 1. The van der Waals surface area contributed by atoms with Crippen LogP contribution in [0.15, 0.2) is 29.3 Å². The second-order valence-electron chi connectivity index (χ2n) is 7.82. The molecule has 2 rings (SSSR count). The van der Waals surface area contributed by atoms with E-state index in [9.17, 15) is 18.0 Å². The van der Waals surface area contributed by atoms with Crippen LogP contribution in [0.5, 0.6) is 0 Å². The topological polar surface area (TPSA) is 117 Å². The molecule has 2 amide bonds. The SMILES string of the molecule is CC(=O)Nc1cccc([C@]2(C)CS(=O)(=O)N(C)C(NC(=O)OC(C)(C)C)=N2)c1. The highest BCUT2D eigenvalue weighted by Crippen LogP contribution is 2.33. The molecule has 0 aromatic heterocycles. The van der Waals surface area contributed by atoms with Crippen LogP contribution in [0.2, 0.25) is 0 Å². The zero-order valence-corrected chi connectivity index (χ0v) is 17.7. The van der Waals surface area contributed by atoms with Crippen molar-refractivity contribution in [3.05, 3.63) is 29.8 Å². The van der Waals surface area contributed by atoms with Gasteiger partial charge in [0.2, 0.25) is 21.9 Å². The van der Waals surface area contributed by atoms with Crippen molar-refractivity contribution in [2.24, 2.45) is 4.99 Å².